The number of anilines is 1. The van der Waals surface area contributed by atoms with Crippen molar-refractivity contribution < 1.29 is 22.4 Å². The average Bonchev–Trinajstić information content (AvgIpc) is 2.72. The molecule has 1 N–H and O–H groups in total. The summed E-state index contributed by atoms with van der Waals surface area (Å²) in [7, 11) is -3.78. The Morgan fingerprint density at radius 2 is 1.69 bits per heavy atom. The van der Waals surface area contributed by atoms with Gasteiger partial charge in [-0.1, -0.05) is 18.2 Å². The maximum absolute atomic E-state index is 13.3. The van der Waals surface area contributed by atoms with Gasteiger partial charge in [0.05, 0.1) is 11.9 Å². The van der Waals surface area contributed by atoms with E-state index in [1.807, 2.05) is 13.8 Å². The molecule has 174 valence electrons. The number of rotatable bonds is 9. The summed E-state index contributed by atoms with van der Waals surface area (Å²) in [6.07, 6.45) is 1.03. The number of benzene rings is 2. The highest BCUT2D eigenvalue weighted by atomic mass is 32.2. The Kier molecular flexibility index (Phi) is 8.38. The first-order chi connectivity index (χ1) is 14.9. The molecule has 2 rings (SSSR count). The van der Waals surface area contributed by atoms with Crippen molar-refractivity contribution in [3.63, 3.8) is 0 Å². The van der Waals surface area contributed by atoms with Crippen LogP contribution < -0.4 is 9.62 Å². The predicted octanol–water partition coefficient (Wildman–Crippen LogP) is 2.76. The standard InChI is InChI=1S/C23H30FN3O4S/c1-6-25-23(29)18(4)26(14-19-8-10-20(24)11-9-19)22(28)15-27(32(5,30)31)21-12-7-16(2)17(3)13-21/h7-13,18H,6,14-15H2,1-5H3,(H,25,29). The molecule has 0 aliphatic carbocycles. The van der Waals surface area contributed by atoms with Crippen LogP contribution in [0.4, 0.5) is 10.1 Å². The fourth-order valence-corrected chi connectivity index (χ4v) is 4.03. The highest BCUT2D eigenvalue weighted by Gasteiger charge is 2.30. The van der Waals surface area contributed by atoms with Gasteiger partial charge in [0.2, 0.25) is 21.8 Å². The molecule has 1 atom stereocenters. The molecule has 0 saturated carbocycles. The molecule has 2 aromatic rings. The van der Waals surface area contributed by atoms with E-state index in [1.54, 1.807) is 32.0 Å². The van der Waals surface area contributed by atoms with Crippen LogP contribution in [0.3, 0.4) is 0 Å². The van der Waals surface area contributed by atoms with Crippen molar-refractivity contribution in [2.75, 3.05) is 23.7 Å². The van der Waals surface area contributed by atoms with E-state index >= 15 is 0 Å². The highest BCUT2D eigenvalue weighted by Crippen LogP contribution is 2.22. The molecule has 2 aromatic carbocycles. The number of hydrogen-bond acceptors (Lipinski definition) is 4. The Balaban J connectivity index is 2.39. The van der Waals surface area contributed by atoms with Crippen LogP contribution in [0.25, 0.3) is 0 Å². The van der Waals surface area contributed by atoms with Crippen molar-refractivity contribution in [1.29, 1.82) is 0 Å². The lowest BCUT2D eigenvalue weighted by Crippen LogP contribution is -2.51. The van der Waals surface area contributed by atoms with Gasteiger partial charge in [0.15, 0.2) is 0 Å². The summed E-state index contributed by atoms with van der Waals surface area (Å²) in [4.78, 5) is 27.1. The van der Waals surface area contributed by atoms with Gasteiger partial charge in [-0.3, -0.25) is 13.9 Å². The zero-order chi connectivity index (χ0) is 24.1. The fraction of sp³-hybridized carbons (Fsp3) is 0.391. The zero-order valence-corrected chi connectivity index (χ0v) is 19.9. The van der Waals surface area contributed by atoms with E-state index in [9.17, 15) is 22.4 Å². The molecule has 0 bridgehead atoms. The quantitative estimate of drug-likeness (QED) is 0.620. The molecule has 0 fully saturated rings. The third kappa shape index (κ3) is 6.53. The molecular weight excluding hydrogens is 433 g/mol. The van der Waals surface area contributed by atoms with E-state index in [4.69, 9.17) is 0 Å². The molecule has 7 nitrogen and oxygen atoms in total. The summed E-state index contributed by atoms with van der Waals surface area (Å²) in [5.74, 6) is -1.32. The topological polar surface area (TPSA) is 86.8 Å². The van der Waals surface area contributed by atoms with Crippen LogP contribution in [0.15, 0.2) is 42.5 Å². The van der Waals surface area contributed by atoms with Gasteiger partial charge in [-0.05, 0) is 68.7 Å². The van der Waals surface area contributed by atoms with E-state index in [1.165, 1.54) is 29.2 Å². The molecule has 0 aliphatic heterocycles. The van der Waals surface area contributed by atoms with Crippen molar-refractivity contribution in [1.82, 2.24) is 10.2 Å². The lowest BCUT2D eigenvalue weighted by atomic mass is 10.1. The van der Waals surface area contributed by atoms with E-state index in [0.29, 0.717) is 17.8 Å². The van der Waals surface area contributed by atoms with Crippen LogP contribution in [0.5, 0.6) is 0 Å². The Morgan fingerprint density at radius 1 is 1.06 bits per heavy atom. The minimum Gasteiger partial charge on any atom is -0.355 e. The molecule has 0 spiro atoms. The van der Waals surface area contributed by atoms with Gasteiger partial charge in [0.25, 0.3) is 0 Å². The van der Waals surface area contributed by atoms with Crippen LogP contribution in [0, 0.1) is 19.7 Å². The summed E-state index contributed by atoms with van der Waals surface area (Å²) in [6, 6.07) is 9.89. The molecular formula is C23H30FN3O4S. The summed E-state index contributed by atoms with van der Waals surface area (Å²) in [5, 5.41) is 2.68. The molecule has 2 amide bonds. The molecule has 0 heterocycles. The largest absolute Gasteiger partial charge is 0.355 e. The Morgan fingerprint density at radius 3 is 2.22 bits per heavy atom. The summed E-state index contributed by atoms with van der Waals surface area (Å²) >= 11 is 0. The Hall–Kier alpha value is -2.94. The summed E-state index contributed by atoms with van der Waals surface area (Å²) in [6.45, 7) is 7.07. The first kappa shape index (κ1) is 25.3. The van der Waals surface area contributed by atoms with Crippen molar-refractivity contribution in [3.8, 4) is 0 Å². The van der Waals surface area contributed by atoms with E-state index < -0.39 is 34.3 Å². The van der Waals surface area contributed by atoms with Gasteiger partial charge in [0.1, 0.15) is 18.4 Å². The number of halogens is 1. The minimum atomic E-state index is -3.78. The number of hydrogen-bond donors (Lipinski definition) is 1. The van der Waals surface area contributed by atoms with Crippen LogP contribution in [-0.4, -0.2) is 50.5 Å². The van der Waals surface area contributed by atoms with Crippen LogP contribution >= 0.6 is 0 Å². The molecule has 1 unspecified atom stereocenters. The predicted molar refractivity (Wildman–Crippen MR) is 123 cm³/mol. The number of nitrogens with zero attached hydrogens (tertiary/aromatic N) is 2. The molecule has 9 heteroatoms. The number of likely N-dealkylation sites (N-methyl/N-ethyl adjacent to an activating group) is 1. The second-order valence-corrected chi connectivity index (χ2v) is 9.66. The third-order valence-electron chi connectivity index (χ3n) is 5.24. The van der Waals surface area contributed by atoms with Crippen LogP contribution in [0.1, 0.15) is 30.5 Å². The highest BCUT2D eigenvalue weighted by molar-refractivity contribution is 7.92. The number of carbonyl (C=O) groups excluding carboxylic acids is 2. The van der Waals surface area contributed by atoms with E-state index in [2.05, 4.69) is 5.32 Å². The van der Waals surface area contributed by atoms with Gasteiger partial charge in [0, 0.05) is 13.1 Å². The zero-order valence-electron chi connectivity index (χ0n) is 19.1. The number of aryl methyl sites for hydroxylation is 2. The number of nitrogens with one attached hydrogen (secondary N) is 1. The molecule has 0 aromatic heterocycles. The average molecular weight is 464 g/mol. The van der Waals surface area contributed by atoms with Crippen molar-refractivity contribution >= 4 is 27.5 Å². The number of amides is 2. The van der Waals surface area contributed by atoms with Gasteiger partial charge in [-0.25, -0.2) is 12.8 Å². The summed E-state index contributed by atoms with van der Waals surface area (Å²) < 4.78 is 39.4. The molecule has 0 saturated heterocycles. The number of carbonyl (C=O) groups is 2. The second-order valence-electron chi connectivity index (χ2n) is 7.76. The Bertz CT molecular complexity index is 1070. The van der Waals surface area contributed by atoms with Gasteiger partial charge < -0.3 is 10.2 Å². The number of sulfonamides is 1. The SMILES string of the molecule is CCNC(=O)C(C)N(Cc1ccc(F)cc1)C(=O)CN(c1ccc(C)c(C)c1)S(C)(=O)=O. The van der Waals surface area contributed by atoms with Crippen molar-refractivity contribution in [3.05, 3.63) is 65.0 Å². The maximum Gasteiger partial charge on any atom is 0.244 e. The van der Waals surface area contributed by atoms with Gasteiger partial charge >= 0.3 is 0 Å². The minimum absolute atomic E-state index is 0.0297. The van der Waals surface area contributed by atoms with E-state index in [-0.39, 0.29) is 12.5 Å². The Labute approximate surface area is 189 Å². The monoisotopic (exact) mass is 463 g/mol. The smallest absolute Gasteiger partial charge is 0.244 e. The lowest BCUT2D eigenvalue weighted by molar-refractivity contribution is -0.139. The van der Waals surface area contributed by atoms with Crippen molar-refractivity contribution in [2.45, 2.75) is 40.3 Å². The first-order valence-corrected chi connectivity index (χ1v) is 12.2. The molecule has 32 heavy (non-hydrogen) atoms. The normalized spacial score (nSPS) is 12.2. The molecule has 0 aliphatic rings. The van der Waals surface area contributed by atoms with Crippen LogP contribution in [0.2, 0.25) is 0 Å². The van der Waals surface area contributed by atoms with E-state index in [0.717, 1.165) is 21.7 Å². The second kappa shape index (κ2) is 10.6. The van der Waals surface area contributed by atoms with Gasteiger partial charge in [-0.15, -0.1) is 0 Å². The van der Waals surface area contributed by atoms with Crippen LogP contribution in [-0.2, 0) is 26.2 Å². The van der Waals surface area contributed by atoms with Gasteiger partial charge in [-0.2, -0.15) is 0 Å². The lowest BCUT2D eigenvalue weighted by Gasteiger charge is -2.31. The summed E-state index contributed by atoms with van der Waals surface area (Å²) in [5.41, 5.74) is 2.88. The maximum atomic E-state index is 13.3. The fourth-order valence-electron chi connectivity index (χ4n) is 3.19. The van der Waals surface area contributed by atoms with Crippen molar-refractivity contribution in [2.24, 2.45) is 0 Å². The molecule has 0 radical (unpaired) electrons. The third-order valence-corrected chi connectivity index (χ3v) is 6.38. The first-order valence-electron chi connectivity index (χ1n) is 10.3.